The first kappa shape index (κ1) is 16.7. The van der Waals surface area contributed by atoms with Crippen molar-refractivity contribution in [1.29, 1.82) is 0 Å². The maximum Gasteiger partial charge on any atom is 0.239 e. The van der Waals surface area contributed by atoms with Crippen molar-refractivity contribution in [3.8, 4) is 0 Å². The van der Waals surface area contributed by atoms with Gasteiger partial charge >= 0.3 is 0 Å². The third kappa shape index (κ3) is 4.03. The Hall–Kier alpha value is -1.17. The molecule has 1 fully saturated rings. The monoisotopic (exact) mass is 351 g/mol. The number of aromatic nitrogens is 1. The van der Waals surface area contributed by atoms with E-state index in [0.717, 1.165) is 47.6 Å². The fourth-order valence-electron chi connectivity index (χ4n) is 3.11. The topological polar surface area (TPSA) is 59.2 Å². The molecule has 1 atom stereocenters. The van der Waals surface area contributed by atoms with Crippen molar-refractivity contribution >= 4 is 39.1 Å². The number of fused-ring (bicyclic) bond motifs is 1. The van der Waals surface area contributed by atoms with Crippen molar-refractivity contribution < 1.29 is 4.79 Å². The van der Waals surface area contributed by atoms with Gasteiger partial charge in [0.15, 0.2) is 0 Å². The minimum Gasteiger partial charge on any atom is -0.341 e. The lowest BCUT2D eigenvalue weighted by Gasteiger charge is -2.33. The van der Waals surface area contributed by atoms with E-state index in [9.17, 15) is 4.79 Å². The van der Waals surface area contributed by atoms with E-state index in [2.05, 4.69) is 4.98 Å². The zero-order valence-electron chi connectivity index (χ0n) is 13.1. The second-order valence-corrected chi connectivity index (χ2v) is 7.63. The van der Waals surface area contributed by atoms with Crippen LogP contribution in [0.5, 0.6) is 0 Å². The van der Waals surface area contributed by atoms with Crippen LogP contribution in [0, 0.1) is 5.92 Å². The SMILES string of the molecule is N[C@@H](Cc1nc2ccccc2s1)C(=O)N1CCC(CCCl)CC1. The smallest absolute Gasteiger partial charge is 0.239 e. The van der Waals surface area contributed by atoms with E-state index in [-0.39, 0.29) is 5.91 Å². The Kier molecular flexibility index (Phi) is 5.51. The summed E-state index contributed by atoms with van der Waals surface area (Å²) in [6.45, 7) is 1.60. The molecule has 6 heteroatoms. The molecule has 124 valence electrons. The van der Waals surface area contributed by atoms with Gasteiger partial charge in [-0.2, -0.15) is 0 Å². The van der Waals surface area contributed by atoms with Gasteiger partial charge in [-0.15, -0.1) is 22.9 Å². The molecular formula is C17H22ClN3OS. The highest BCUT2D eigenvalue weighted by atomic mass is 35.5. The lowest BCUT2D eigenvalue weighted by atomic mass is 9.94. The largest absolute Gasteiger partial charge is 0.341 e. The number of alkyl halides is 1. The highest BCUT2D eigenvalue weighted by Gasteiger charge is 2.26. The van der Waals surface area contributed by atoms with Crippen LogP contribution < -0.4 is 5.73 Å². The summed E-state index contributed by atoms with van der Waals surface area (Å²) in [5.41, 5.74) is 7.13. The maximum atomic E-state index is 12.5. The van der Waals surface area contributed by atoms with E-state index in [4.69, 9.17) is 17.3 Å². The van der Waals surface area contributed by atoms with Gasteiger partial charge in [-0.25, -0.2) is 4.98 Å². The molecule has 23 heavy (non-hydrogen) atoms. The highest BCUT2D eigenvalue weighted by molar-refractivity contribution is 7.18. The number of halogens is 1. The minimum absolute atomic E-state index is 0.0496. The van der Waals surface area contributed by atoms with Crippen LogP contribution in [0.4, 0.5) is 0 Å². The number of hydrogen-bond donors (Lipinski definition) is 1. The standard InChI is InChI=1S/C17H22ClN3OS/c18-8-5-12-6-9-21(10-7-12)17(22)13(19)11-16-20-14-3-1-2-4-15(14)23-16/h1-4,12-13H,5-11,19H2/t13-/m0/s1. The number of likely N-dealkylation sites (tertiary alicyclic amines) is 1. The molecule has 2 aromatic rings. The second-order valence-electron chi connectivity index (χ2n) is 6.13. The zero-order chi connectivity index (χ0) is 16.2. The van der Waals surface area contributed by atoms with E-state index in [0.29, 0.717) is 18.2 Å². The molecule has 1 aromatic carbocycles. The highest BCUT2D eigenvalue weighted by Crippen LogP contribution is 2.24. The number of nitrogens with zero attached hydrogens (tertiary/aromatic N) is 2. The molecule has 3 rings (SSSR count). The zero-order valence-corrected chi connectivity index (χ0v) is 14.7. The Morgan fingerprint density at radius 1 is 1.39 bits per heavy atom. The van der Waals surface area contributed by atoms with E-state index in [1.807, 2.05) is 29.2 Å². The molecule has 0 saturated carbocycles. The Labute approximate surface area is 145 Å². The number of amides is 1. The lowest BCUT2D eigenvalue weighted by Crippen LogP contribution is -2.48. The molecule has 0 bridgehead atoms. The first-order chi connectivity index (χ1) is 11.2. The molecule has 0 spiro atoms. The van der Waals surface area contributed by atoms with Crippen molar-refractivity contribution in [2.24, 2.45) is 11.7 Å². The van der Waals surface area contributed by atoms with Gasteiger partial charge in [-0.05, 0) is 37.3 Å². The molecule has 1 aromatic heterocycles. The summed E-state index contributed by atoms with van der Waals surface area (Å²) in [5, 5.41) is 0.934. The number of carbonyl (C=O) groups is 1. The molecule has 1 aliphatic heterocycles. The molecule has 2 N–H and O–H groups in total. The number of benzene rings is 1. The predicted molar refractivity (Wildman–Crippen MR) is 95.9 cm³/mol. The van der Waals surface area contributed by atoms with Crippen LogP contribution in [-0.4, -0.2) is 40.8 Å². The summed E-state index contributed by atoms with van der Waals surface area (Å²) in [7, 11) is 0. The van der Waals surface area contributed by atoms with Gasteiger partial charge in [0.05, 0.1) is 21.3 Å². The third-order valence-corrected chi connectivity index (χ3v) is 5.77. The maximum absolute atomic E-state index is 12.5. The predicted octanol–water partition coefficient (Wildman–Crippen LogP) is 3.03. The van der Waals surface area contributed by atoms with E-state index >= 15 is 0 Å². The number of nitrogens with two attached hydrogens (primary N) is 1. The van der Waals surface area contributed by atoms with E-state index in [1.165, 1.54) is 0 Å². The van der Waals surface area contributed by atoms with Crippen LogP contribution in [0.2, 0.25) is 0 Å². The average molecular weight is 352 g/mol. The Morgan fingerprint density at radius 2 is 2.13 bits per heavy atom. The van der Waals surface area contributed by atoms with Crippen molar-refractivity contribution in [2.75, 3.05) is 19.0 Å². The summed E-state index contributed by atoms with van der Waals surface area (Å²) >= 11 is 7.42. The second kappa shape index (κ2) is 7.60. The molecular weight excluding hydrogens is 330 g/mol. The van der Waals surface area contributed by atoms with Crippen molar-refractivity contribution in [1.82, 2.24) is 9.88 Å². The summed E-state index contributed by atoms with van der Waals surface area (Å²) in [6.07, 6.45) is 3.62. The number of carbonyl (C=O) groups excluding carboxylic acids is 1. The molecule has 4 nitrogen and oxygen atoms in total. The Morgan fingerprint density at radius 3 is 2.83 bits per heavy atom. The molecule has 0 unspecified atom stereocenters. The van der Waals surface area contributed by atoms with Gasteiger partial charge < -0.3 is 10.6 Å². The summed E-state index contributed by atoms with van der Waals surface area (Å²) in [6, 6.07) is 7.51. The molecule has 0 radical (unpaired) electrons. The van der Waals surface area contributed by atoms with Crippen molar-refractivity contribution in [3.05, 3.63) is 29.3 Å². The minimum atomic E-state index is -0.500. The summed E-state index contributed by atoms with van der Waals surface area (Å²) < 4.78 is 1.14. The fourth-order valence-corrected chi connectivity index (χ4v) is 4.45. The summed E-state index contributed by atoms with van der Waals surface area (Å²) in [4.78, 5) is 19.0. The normalized spacial score (nSPS) is 17.6. The number of piperidine rings is 1. The fraction of sp³-hybridized carbons (Fsp3) is 0.529. The Balaban J connectivity index is 1.57. The first-order valence-electron chi connectivity index (χ1n) is 8.12. The van der Waals surface area contributed by atoms with Crippen molar-refractivity contribution in [3.63, 3.8) is 0 Å². The Bertz CT molecular complexity index is 634. The van der Waals surface area contributed by atoms with E-state index < -0.39 is 6.04 Å². The number of para-hydroxylation sites is 1. The van der Waals surface area contributed by atoms with Crippen LogP contribution in [0.15, 0.2) is 24.3 Å². The van der Waals surface area contributed by atoms with Crippen LogP contribution in [-0.2, 0) is 11.2 Å². The van der Waals surface area contributed by atoms with Gasteiger partial charge in [0, 0.05) is 25.4 Å². The number of rotatable bonds is 5. The van der Waals surface area contributed by atoms with Gasteiger partial charge in [-0.3, -0.25) is 4.79 Å². The molecule has 0 aliphatic carbocycles. The molecule has 1 saturated heterocycles. The lowest BCUT2D eigenvalue weighted by molar-refractivity contribution is -0.134. The average Bonchev–Trinajstić information content (AvgIpc) is 2.97. The first-order valence-corrected chi connectivity index (χ1v) is 9.47. The van der Waals surface area contributed by atoms with Crippen LogP contribution in [0.1, 0.15) is 24.3 Å². The van der Waals surface area contributed by atoms with Gasteiger partial charge in [0.2, 0.25) is 5.91 Å². The van der Waals surface area contributed by atoms with Gasteiger partial charge in [0.25, 0.3) is 0 Å². The molecule has 1 aliphatic rings. The number of hydrogen-bond acceptors (Lipinski definition) is 4. The molecule has 1 amide bonds. The quantitative estimate of drug-likeness (QED) is 0.842. The third-order valence-electron chi connectivity index (χ3n) is 4.49. The van der Waals surface area contributed by atoms with Crippen LogP contribution >= 0.6 is 22.9 Å². The van der Waals surface area contributed by atoms with Crippen LogP contribution in [0.3, 0.4) is 0 Å². The number of thiazole rings is 1. The summed E-state index contributed by atoms with van der Waals surface area (Å²) in [5.74, 6) is 1.40. The van der Waals surface area contributed by atoms with Gasteiger partial charge in [-0.1, -0.05) is 12.1 Å². The van der Waals surface area contributed by atoms with Crippen molar-refractivity contribution in [2.45, 2.75) is 31.7 Å². The van der Waals surface area contributed by atoms with Crippen LogP contribution in [0.25, 0.3) is 10.2 Å². The molecule has 2 heterocycles. The van der Waals surface area contributed by atoms with Gasteiger partial charge in [0.1, 0.15) is 0 Å². The van der Waals surface area contributed by atoms with E-state index in [1.54, 1.807) is 11.3 Å².